The molecule has 0 aliphatic rings. The second-order valence-electron chi connectivity index (χ2n) is 5.25. The molecule has 4 heteroatoms. The van der Waals surface area contributed by atoms with E-state index in [2.05, 4.69) is 10.1 Å². The van der Waals surface area contributed by atoms with Crippen molar-refractivity contribution in [1.82, 2.24) is 14.8 Å². The summed E-state index contributed by atoms with van der Waals surface area (Å²) in [6.07, 6.45) is 2.08. The fourth-order valence-corrected chi connectivity index (χ4v) is 2.66. The normalized spacial score (nSPS) is 11.0. The zero-order valence-corrected chi connectivity index (χ0v) is 12.4. The molecule has 0 radical (unpaired) electrons. The van der Waals surface area contributed by atoms with Gasteiger partial charge < -0.3 is 0 Å². The number of aryl methyl sites for hydroxylation is 2. The molecule has 21 heavy (non-hydrogen) atoms. The molecule has 0 amide bonds. The Hall–Kier alpha value is -2.49. The average molecular weight is 279 g/mol. The molecule has 1 aromatic carbocycles. The first-order valence-corrected chi connectivity index (χ1v) is 6.94. The van der Waals surface area contributed by atoms with Crippen molar-refractivity contribution in [3.63, 3.8) is 0 Å². The lowest BCUT2D eigenvalue weighted by molar-refractivity contribution is 0.0994. The number of fused-ring (bicyclic) bond motifs is 1. The van der Waals surface area contributed by atoms with E-state index in [9.17, 15) is 4.79 Å². The molecule has 0 fully saturated rings. The molecule has 2 heterocycles. The molecule has 106 valence electrons. The Morgan fingerprint density at radius 1 is 1.19 bits per heavy atom. The topological polar surface area (TPSA) is 47.8 Å². The molecule has 0 aliphatic heterocycles. The third-order valence-electron chi connectivity index (χ3n) is 3.93. The minimum Gasteiger partial charge on any atom is -0.294 e. The van der Waals surface area contributed by atoms with Crippen molar-refractivity contribution < 1.29 is 4.79 Å². The lowest BCUT2D eigenvalue weighted by Gasteiger charge is -2.05. The second kappa shape index (κ2) is 5.13. The molecule has 3 rings (SSSR count). The Morgan fingerprint density at radius 3 is 2.67 bits per heavy atom. The molecule has 0 saturated heterocycles. The highest BCUT2D eigenvalue weighted by molar-refractivity contribution is 6.07. The molecule has 0 atom stereocenters. The van der Waals surface area contributed by atoms with Gasteiger partial charge in [-0.25, -0.2) is 0 Å². The fourth-order valence-electron chi connectivity index (χ4n) is 2.66. The van der Waals surface area contributed by atoms with Crippen molar-refractivity contribution in [1.29, 1.82) is 0 Å². The fraction of sp³-hybridized carbons (Fsp3) is 0.235. The van der Waals surface area contributed by atoms with Gasteiger partial charge in [-0.2, -0.15) is 5.10 Å². The maximum Gasteiger partial charge on any atom is 0.169 e. The first-order chi connectivity index (χ1) is 10.1. The van der Waals surface area contributed by atoms with Gasteiger partial charge in [-0.1, -0.05) is 18.2 Å². The minimum atomic E-state index is 0.0819. The van der Waals surface area contributed by atoms with Gasteiger partial charge in [0.05, 0.1) is 11.2 Å². The van der Waals surface area contributed by atoms with Gasteiger partial charge in [-0.05, 0) is 26.0 Å². The Kier molecular flexibility index (Phi) is 3.29. The zero-order chi connectivity index (χ0) is 15.0. The molecule has 0 bridgehead atoms. The molecule has 0 saturated carbocycles. The van der Waals surface area contributed by atoms with Gasteiger partial charge in [0.15, 0.2) is 5.78 Å². The predicted molar refractivity (Wildman–Crippen MR) is 82.5 cm³/mol. The number of carbonyl (C=O) groups excluding carboxylic acids is 1. The molecule has 0 N–H and O–H groups in total. The summed E-state index contributed by atoms with van der Waals surface area (Å²) in [6, 6.07) is 9.57. The lowest BCUT2D eigenvalue weighted by Crippen LogP contribution is -2.07. The smallest absolute Gasteiger partial charge is 0.169 e. The summed E-state index contributed by atoms with van der Waals surface area (Å²) in [5.74, 6) is 0.0819. The lowest BCUT2D eigenvalue weighted by atomic mass is 9.99. The first-order valence-electron chi connectivity index (χ1n) is 6.94. The maximum atomic E-state index is 12.7. The van der Waals surface area contributed by atoms with Crippen LogP contribution in [0.25, 0.3) is 10.9 Å². The van der Waals surface area contributed by atoms with E-state index < -0.39 is 0 Å². The Labute approximate surface area is 123 Å². The van der Waals surface area contributed by atoms with Crippen LogP contribution in [-0.2, 0) is 13.5 Å². The van der Waals surface area contributed by atoms with E-state index in [0.717, 1.165) is 27.9 Å². The molecule has 0 spiro atoms. The van der Waals surface area contributed by atoms with Crippen LogP contribution in [0.4, 0.5) is 0 Å². The van der Waals surface area contributed by atoms with Crippen LogP contribution in [0.15, 0.2) is 36.5 Å². The number of pyridine rings is 1. The van der Waals surface area contributed by atoms with Crippen LogP contribution in [0.5, 0.6) is 0 Å². The number of rotatable bonds is 3. The number of carbonyl (C=O) groups is 1. The van der Waals surface area contributed by atoms with Crippen LogP contribution >= 0.6 is 0 Å². The standard InChI is InChI=1S/C17H17N3O/c1-11-15(12(2)20(3)19-11)10-16(21)14-8-4-6-13-7-5-9-18-17(13)14/h4-9H,10H2,1-3H3. The van der Waals surface area contributed by atoms with Crippen molar-refractivity contribution in [2.24, 2.45) is 7.05 Å². The third kappa shape index (κ3) is 2.33. The zero-order valence-electron chi connectivity index (χ0n) is 12.4. The van der Waals surface area contributed by atoms with Gasteiger partial charge >= 0.3 is 0 Å². The Morgan fingerprint density at radius 2 is 1.95 bits per heavy atom. The summed E-state index contributed by atoms with van der Waals surface area (Å²) in [4.78, 5) is 17.0. The molecule has 0 unspecified atom stereocenters. The minimum absolute atomic E-state index is 0.0819. The van der Waals surface area contributed by atoms with Crippen LogP contribution in [0.3, 0.4) is 0 Å². The van der Waals surface area contributed by atoms with Gasteiger partial charge in [-0.3, -0.25) is 14.5 Å². The van der Waals surface area contributed by atoms with Crippen molar-refractivity contribution in [2.45, 2.75) is 20.3 Å². The first kappa shape index (κ1) is 13.5. The molecule has 2 aromatic heterocycles. The number of aromatic nitrogens is 3. The monoisotopic (exact) mass is 279 g/mol. The highest BCUT2D eigenvalue weighted by atomic mass is 16.1. The molecule has 0 aliphatic carbocycles. The van der Waals surface area contributed by atoms with E-state index in [1.54, 1.807) is 6.20 Å². The summed E-state index contributed by atoms with van der Waals surface area (Å²) >= 11 is 0. The van der Waals surface area contributed by atoms with Crippen LogP contribution in [-0.4, -0.2) is 20.5 Å². The largest absolute Gasteiger partial charge is 0.294 e. The van der Waals surface area contributed by atoms with Crippen LogP contribution < -0.4 is 0 Å². The average Bonchev–Trinajstić information content (AvgIpc) is 2.73. The summed E-state index contributed by atoms with van der Waals surface area (Å²) in [7, 11) is 1.90. The van der Waals surface area contributed by atoms with Gasteiger partial charge in [0.1, 0.15) is 0 Å². The van der Waals surface area contributed by atoms with Crippen molar-refractivity contribution in [2.75, 3.05) is 0 Å². The molecular weight excluding hydrogens is 262 g/mol. The second-order valence-corrected chi connectivity index (χ2v) is 5.25. The number of para-hydroxylation sites is 1. The van der Waals surface area contributed by atoms with Crippen molar-refractivity contribution in [3.8, 4) is 0 Å². The quantitative estimate of drug-likeness (QED) is 0.692. The van der Waals surface area contributed by atoms with Crippen molar-refractivity contribution >= 4 is 16.7 Å². The van der Waals surface area contributed by atoms with Crippen LogP contribution in [0.2, 0.25) is 0 Å². The number of ketones is 1. The third-order valence-corrected chi connectivity index (χ3v) is 3.93. The van der Waals surface area contributed by atoms with Crippen LogP contribution in [0.1, 0.15) is 27.3 Å². The Bertz CT molecular complexity index is 828. The van der Waals surface area contributed by atoms with Crippen LogP contribution in [0, 0.1) is 13.8 Å². The number of Topliss-reactive ketones (excluding diaryl/α,β-unsaturated/α-hetero) is 1. The van der Waals surface area contributed by atoms with Gasteiger partial charge in [0.2, 0.25) is 0 Å². The number of hydrogen-bond donors (Lipinski definition) is 0. The van der Waals surface area contributed by atoms with Crippen molar-refractivity contribution in [3.05, 3.63) is 59.0 Å². The molecule has 4 nitrogen and oxygen atoms in total. The molecular formula is C17H17N3O. The van der Waals surface area contributed by atoms with Gasteiger partial charge in [0.25, 0.3) is 0 Å². The predicted octanol–water partition coefficient (Wildman–Crippen LogP) is 3.01. The summed E-state index contributed by atoms with van der Waals surface area (Å²) in [5, 5.41) is 5.36. The van der Waals surface area contributed by atoms with E-state index in [0.29, 0.717) is 12.0 Å². The SMILES string of the molecule is Cc1nn(C)c(C)c1CC(=O)c1cccc2cccnc12. The number of hydrogen-bond acceptors (Lipinski definition) is 3. The number of benzene rings is 1. The summed E-state index contributed by atoms with van der Waals surface area (Å²) in [6.45, 7) is 3.93. The van der Waals surface area contributed by atoms with E-state index in [-0.39, 0.29) is 5.78 Å². The maximum absolute atomic E-state index is 12.7. The van der Waals surface area contributed by atoms with E-state index in [1.807, 2.05) is 55.9 Å². The van der Waals surface area contributed by atoms with E-state index >= 15 is 0 Å². The van der Waals surface area contributed by atoms with Gasteiger partial charge in [0, 0.05) is 41.9 Å². The summed E-state index contributed by atoms with van der Waals surface area (Å²) in [5.41, 5.74) is 4.40. The Balaban J connectivity index is 2.02. The summed E-state index contributed by atoms with van der Waals surface area (Å²) < 4.78 is 1.82. The van der Waals surface area contributed by atoms with Gasteiger partial charge in [-0.15, -0.1) is 0 Å². The van der Waals surface area contributed by atoms with E-state index in [4.69, 9.17) is 0 Å². The molecule has 3 aromatic rings. The number of nitrogens with zero attached hydrogens (tertiary/aromatic N) is 3. The highest BCUT2D eigenvalue weighted by Crippen LogP contribution is 2.20. The van der Waals surface area contributed by atoms with E-state index in [1.165, 1.54) is 0 Å². The highest BCUT2D eigenvalue weighted by Gasteiger charge is 2.16.